The highest BCUT2D eigenvalue weighted by atomic mass is 15.2. The normalized spacial score (nSPS) is 33.2. The lowest BCUT2D eigenvalue weighted by molar-refractivity contribution is 0.263. The number of hydrogen-bond donors (Lipinski definition) is 1. The van der Waals surface area contributed by atoms with Gasteiger partial charge in [-0.2, -0.15) is 0 Å². The molecule has 0 bridgehead atoms. The van der Waals surface area contributed by atoms with E-state index < -0.39 is 0 Å². The summed E-state index contributed by atoms with van der Waals surface area (Å²) in [6.45, 7) is 5.84. The van der Waals surface area contributed by atoms with Gasteiger partial charge in [0, 0.05) is 38.8 Å². The lowest BCUT2D eigenvalue weighted by Crippen LogP contribution is -2.39. The maximum atomic E-state index is 6.03. The van der Waals surface area contributed by atoms with Crippen LogP contribution >= 0.6 is 0 Å². The molecule has 2 aliphatic rings. The highest BCUT2D eigenvalue weighted by Crippen LogP contribution is 2.29. The average molecular weight is 183 g/mol. The van der Waals surface area contributed by atoms with Crippen molar-refractivity contribution in [1.29, 1.82) is 0 Å². The zero-order valence-electron chi connectivity index (χ0n) is 8.58. The first kappa shape index (κ1) is 9.44. The molecule has 1 saturated heterocycles. The molecule has 2 fully saturated rings. The van der Waals surface area contributed by atoms with Crippen molar-refractivity contribution in [3.63, 3.8) is 0 Å². The fourth-order valence-electron chi connectivity index (χ4n) is 2.12. The first-order valence-electron chi connectivity index (χ1n) is 5.40. The van der Waals surface area contributed by atoms with Crippen LogP contribution in [0, 0.1) is 5.92 Å². The molecule has 1 heterocycles. The van der Waals surface area contributed by atoms with Gasteiger partial charge in [0.1, 0.15) is 0 Å². The van der Waals surface area contributed by atoms with E-state index in [0.29, 0.717) is 6.04 Å². The van der Waals surface area contributed by atoms with Gasteiger partial charge < -0.3 is 15.5 Å². The van der Waals surface area contributed by atoms with Gasteiger partial charge in [-0.05, 0) is 25.8 Å². The van der Waals surface area contributed by atoms with Crippen LogP contribution in [0.3, 0.4) is 0 Å². The van der Waals surface area contributed by atoms with Gasteiger partial charge in [0.05, 0.1) is 0 Å². The molecule has 1 saturated carbocycles. The zero-order chi connectivity index (χ0) is 9.26. The van der Waals surface area contributed by atoms with Gasteiger partial charge in [-0.3, -0.25) is 0 Å². The van der Waals surface area contributed by atoms with Crippen molar-refractivity contribution in [2.45, 2.75) is 18.9 Å². The third-order valence-electron chi connectivity index (χ3n) is 3.05. The lowest BCUT2D eigenvalue weighted by Gasteiger charge is -2.21. The number of nitrogens with zero attached hydrogens (tertiary/aromatic N) is 2. The summed E-state index contributed by atoms with van der Waals surface area (Å²) in [5.41, 5.74) is 6.03. The summed E-state index contributed by atoms with van der Waals surface area (Å²) < 4.78 is 0. The van der Waals surface area contributed by atoms with Crippen LogP contribution in [-0.2, 0) is 0 Å². The van der Waals surface area contributed by atoms with Crippen molar-refractivity contribution in [2.75, 3.05) is 39.8 Å². The van der Waals surface area contributed by atoms with E-state index in [1.54, 1.807) is 0 Å². The number of nitrogens with two attached hydrogens (primary N) is 1. The molecule has 0 aromatic heterocycles. The first-order valence-corrected chi connectivity index (χ1v) is 5.40. The molecule has 1 aliphatic carbocycles. The van der Waals surface area contributed by atoms with Gasteiger partial charge in [-0.15, -0.1) is 0 Å². The van der Waals surface area contributed by atoms with Crippen LogP contribution in [0.5, 0.6) is 0 Å². The maximum absolute atomic E-state index is 6.03. The second kappa shape index (κ2) is 3.95. The summed E-state index contributed by atoms with van der Waals surface area (Å²) in [7, 11) is 2.17. The van der Waals surface area contributed by atoms with Gasteiger partial charge in [-0.25, -0.2) is 0 Å². The number of hydrogen-bond acceptors (Lipinski definition) is 3. The number of likely N-dealkylation sites (N-methyl/N-ethyl adjacent to an activating group) is 1. The van der Waals surface area contributed by atoms with Crippen LogP contribution in [0.25, 0.3) is 0 Å². The second-order valence-corrected chi connectivity index (χ2v) is 4.73. The minimum atomic E-state index is 0.353. The molecule has 1 atom stereocenters. The van der Waals surface area contributed by atoms with E-state index in [2.05, 4.69) is 16.8 Å². The fraction of sp³-hybridized carbons (Fsp3) is 1.00. The Bertz CT molecular complexity index is 168. The predicted molar refractivity (Wildman–Crippen MR) is 54.6 cm³/mol. The van der Waals surface area contributed by atoms with Gasteiger partial charge in [0.15, 0.2) is 0 Å². The van der Waals surface area contributed by atoms with E-state index in [0.717, 1.165) is 19.0 Å². The third-order valence-corrected chi connectivity index (χ3v) is 3.05. The van der Waals surface area contributed by atoms with E-state index >= 15 is 0 Å². The summed E-state index contributed by atoms with van der Waals surface area (Å²) >= 11 is 0. The molecule has 0 aromatic carbocycles. The molecule has 76 valence electrons. The quantitative estimate of drug-likeness (QED) is 0.652. The van der Waals surface area contributed by atoms with E-state index in [4.69, 9.17) is 5.73 Å². The summed E-state index contributed by atoms with van der Waals surface area (Å²) in [6, 6.07) is 0.353. The molecule has 0 aromatic rings. The van der Waals surface area contributed by atoms with Gasteiger partial charge in [0.25, 0.3) is 0 Å². The third kappa shape index (κ3) is 2.93. The standard InChI is InChI=1S/C10H21N3/c1-12-4-5-13(6-9-2-3-9)8-10(11)7-12/h9-10H,2-8,11H2,1H3/t10-/m0/s1. The van der Waals surface area contributed by atoms with E-state index in [9.17, 15) is 0 Å². The summed E-state index contributed by atoms with van der Waals surface area (Å²) in [4.78, 5) is 4.89. The Hall–Kier alpha value is -0.120. The van der Waals surface area contributed by atoms with Crippen LogP contribution in [-0.4, -0.2) is 55.6 Å². The Balaban J connectivity index is 1.81. The van der Waals surface area contributed by atoms with Gasteiger partial charge in [-0.1, -0.05) is 0 Å². The monoisotopic (exact) mass is 183 g/mol. The first-order chi connectivity index (χ1) is 6.24. The summed E-state index contributed by atoms with van der Waals surface area (Å²) in [5.74, 6) is 0.996. The Labute approximate surface area is 80.9 Å². The lowest BCUT2D eigenvalue weighted by atomic mass is 10.3. The van der Waals surface area contributed by atoms with Gasteiger partial charge >= 0.3 is 0 Å². The zero-order valence-corrected chi connectivity index (χ0v) is 8.58. The molecule has 2 rings (SSSR count). The molecule has 3 heteroatoms. The summed E-state index contributed by atoms with van der Waals surface area (Å²) in [5, 5.41) is 0. The van der Waals surface area contributed by atoms with Crippen molar-refractivity contribution in [3.05, 3.63) is 0 Å². The molecule has 0 spiro atoms. The highest BCUT2D eigenvalue weighted by molar-refractivity contribution is 4.82. The molecule has 0 amide bonds. The molecule has 3 nitrogen and oxygen atoms in total. The molecule has 0 unspecified atom stereocenters. The SMILES string of the molecule is CN1CCN(CC2CC2)C[C@@H](N)C1. The topological polar surface area (TPSA) is 32.5 Å². The van der Waals surface area contributed by atoms with E-state index in [1.807, 2.05) is 0 Å². The molecule has 0 radical (unpaired) electrons. The minimum Gasteiger partial charge on any atom is -0.325 e. The predicted octanol–water partition coefficient (Wildman–Crippen LogP) is -0.0289. The molecular formula is C10H21N3. The Morgan fingerprint density at radius 3 is 2.69 bits per heavy atom. The van der Waals surface area contributed by atoms with Crippen LogP contribution in [0.4, 0.5) is 0 Å². The molecular weight excluding hydrogens is 162 g/mol. The van der Waals surface area contributed by atoms with Crippen LogP contribution in [0.1, 0.15) is 12.8 Å². The Morgan fingerprint density at radius 2 is 2.00 bits per heavy atom. The van der Waals surface area contributed by atoms with E-state index in [-0.39, 0.29) is 0 Å². The summed E-state index contributed by atoms with van der Waals surface area (Å²) in [6.07, 6.45) is 2.89. The van der Waals surface area contributed by atoms with Crippen molar-refractivity contribution < 1.29 is 0 Å². The van der Waals surface area contributed by atoms with Crippen LogP contribution < -0.4 is 5.73 Å². The minimum absolute atomic E-state index is 0.353. The highest BCUT2D eigenvalue weighted by Gasteiger charge is 2.26. The van der Waals surface area contributed by atoms with Gasteiger partial charge in [0.2, 0.25) is 0 Å². The second-order valence-electron chi connectivity index (χ2n) is 4.73. The molecule has 13 heavy (non-hydrogen) atoms. The molecule has 2 N–H and O–H groups in total. The van der Waals surface area contributed by atoms with Crippen molar-refractivity contribution in [1.82, 2.24) is 9.80 Å². The van der Waals surface area contributed by atoms with E-state index in [1.165, 1.54) is 32.5 Å². The van der Waals surface area contributed by atoms with Crippen molar-refractivity contribution in [3.8, 4) is 0 Å². The van der Waals surface area contributed by atoms with Crippen molar-refractivity contribution >= 4 is 0 Å². The Kier molecular flexibility index (Phi) is 2.86. The fourth-order valence-corrected chi connectivity index (χ4v) is 2.12. The largest absolute Gasteiger partial charge is 0.325 e. The van der Waals surface area contributed by atoms with Crippen LogP contribution in [0.2, 0.25) is 0 Å². The van der Waals surface area contributed by atoms with Crippen molar-refractivity contribution in [2.24, 2.45) is 11.7 Å². The van der Waals surface area contributed by atoms with Crippen LogP contribution in [0.15, 0.2) is 0 Å². The average Bonchev–Trinajstić information content (AvgIpc) is 2.83. The number of rotatable bonds is 2. The molecule has 1 aliphatic heterocycles. The smallest absolute Gasteiger partial charge is 0.0297 e. The maximum Gasteiger partial charge on any atom is 0.0297 e. The Morgan fingerprint density at radius 1 is 1.23 bits per heavy atom.